The van der Waals surface area contributed by atoms with Crippen LogP contribution in [0.3, 0.4) is 0 Å². The Hall–Kier alpha value is -3.77. The zero-order chi connectivity index (χ0) is 25.7. The standard InChI is InChI=1S/C31H30NO5.ClH/c1-18(2)21-7-5-20(6-8-21)13-25-23-9-10-27(34-4)31(37-19(3)33)26(23)16-32-12-11-22-14-28-29(36-17-35-28)15-24(22)30(25)32;/h5-10,14-16,18H,11-13,17H2,1-4H3;1H/q+1;/p-1. The number of nitrogens with zero attached hydrogens (tertiary/aromatic N) is 1. The van der Waals surface area contributed by atoms with Crippen molar-refractivity contribution < 1.29 is 40.7 Å². The van der Waals surface area contributed by atoms with Gasteiger partial charge in [-0.3, -0.25) is 4.79 Å². The van der Waals surface area contributed by atoms with Crippen LogP contribution in [-0.4, -0.2) is 19.9 Å². The number of carbonyl (C=O) groups excluding carboxylic acids is 1. The molecule has 0 saturated heterocycles. The van der Waals surface area contributed by atoms with Crippen molar-refractivity contribution in [3.8, 4) is 34.3 Å². The summed E-state index contributed by atoms with van der Waals surface area (Å²) in [5, 5.41) is 1.89. The third-order valence-electron chi connectivity index (χ3n) is 7.31. The van der Waals surface area contributed by atoms with Gasteiger partial charge >= 0.3 is 5.97 Å². The van der Waals surface area contributed by atoms with Gasteiger partial charge < -0.3 is 31.4 Å². The number of pyridine rings is 1. The van der Waals surface area contributed by atoms with Crippen LogP contribution >= 0.6 is 0 Å². The summed E-state index contributed by atoms with van der Waals surface area (Å²) in [7, 11) is 1.59. The predicted molar refractivity (Wildman–Crippen MR) is 141 cm³/mol. The minimum atomic E-state index is -0.377. The third-order valence-corrected chi connectivity index (χ3v) is 7.31. The minimum absolute atomic E-state index is 0. The summed E-state index contributed by atoms with van der Waals surface area (Å²) < 4.78 is 25.0. The second-order valence-corrected chi connectivity index (χ2v) is 9.99. The number of carbonyl (C=O) groups is 1. The van der Waals surface area contributed by atoms with Gasteiger partial charge in [-0.2, -0.15) is 4.57 Å². The zero-order valence-corrected chi connectivity index (χ0v) is 22.7. The lowest BCUT2D eigenvalue weighted by Gasteiger charge is -2.21. The van der Waals surface area contributed by atoms with Gasteiger partial charge in [-0.1, -0.05) is 38.1 Å². The second kappa shape index (κ2) is 10.2. The van der Waals surface area contributed by atoms with E-state index in [2.05, 4.69) is 67.1 Å². The number of rotatable bonds is 5. The molecule has 0 spiro atoms. The molecule has 2 aliphatic heterocycles. The van der Waals surface area contributed by atoms with E-state index in [1.165, 1.54) is 29.2 Å². The quantitative estimate of drug-likeness (QED) is 0.225. The molecular formula is C31H30ClNO5. The predicted octanol–water partition coefficient (Wildman–Crippen LogP) is 2.73. The lowest BCUT2D eigenvalue weighted by Crippen LogP contribution is -3.00. The molecule has 1 aromatic heterocycles. The molecule has 0 radical (unpaired) electrons. The first-order chi connectivity index (χ1) is 17.9. The number of ether oxygens (including phenoxy) is 4. The fraction of sp³-hybridized carbons (Fsp3) is 0.290. The van der Waals surface area contributed by atoms with Crippen LogP contribution in [0.15, 0.2) is 54.7 Å². The molecule has 3 aromatic carbocycles. The van der Waals surface area contributed by atoms with Gasteiger partial charge in [0.05, 0.1) is 18.1 Å². The Morgan fingerprint density at radius 2 is 1.76 bits per heavy atom. The number of fused-ring (bicyclic) bond motifs is 5. The Balaban J connectivity index is 0.00000294. The lowest BCUT2D eigenvalue weighted by atomic mass is 9.88. The molecule has 6 nitrogen and oxygen atoms in total. The highest BCUT2D eigenvalue weighted by atomic mass is 35.5. The molecule has 0 aliphatic carbocycles. The molecule has 7 heteroatoms. The molecule has 38 heavy (non-hydrogen) atoms. The first-order valence-corrected chi connectivity index (χ1v) is 12.7. The van der Waals surface area contributed by atoms with E-state index in [4.69, 9.17) is 18.9 Å². The maximum atomic E-state index is 12.0. The minimum Gasteiger partial charge on any atom is -1.00 e. The first kappa shape index (κ1) is 25.9. The van der Waals surface area contributed by atoms with Crippen molar-refractivity contribution in [1.82, 2.24) is 0 Å². The van der Waals surface area contributed by atoms with Crippen molar-refractivity contribution in [3.63, 3.8) is 0 Å². The van der Waals surface area contributed by atoms with Crippen LogP contribution in [0.5, 0.6) is 23.0 Å². The number of hydrogen-bond donors (Lipinski definition) is 0. The Labute approximate surface area is 228 Å². The van der Waals surface area contributed by atoms with Crippen molar-refractivity contribution in [3.05, 3.63) is 77.0 Å². The second-order valence-electron chi connectivity index (χ2n) is 9.99. The highest BCUT2D eigenvalue weighted by molar-refractivity contribution is 5.96. The Kier molecular flexibility index (Phi) is 6.93. The summed E-state index contributed by atoms with van der Waals surface area (Å²) in [6.45, 7) is 6.88. The molecule has 0 amide bonds. The van der Waals surface area contributed by atoms with Gasteiger partial charge in [0.25, 0.3) is 0 Å². The van der Waals surface area contributed by atoms with E-state index >= 15 is 0 Å². The van der Waals surface area contributed by atoms with Gasteiger partial charge in [0.1, 0.15) is 0 Å². The molecule has 0 atom stereocenters. The Bertz CT molecular complexity index is 1550. The number of benzene rings is 3. The monoisotopic (exact) mass is 531 g/mol. The fourth-order valence-corrected chi connectivity index (χ4v) is 5.45. The fourth-order valence-electron chi connectivity index (χ4n) is 5.45. The number of aryl methyl sites for hydroxylation is 2. The van der Waals surface area contributed by atoms with Crippen LogP contribution in [-0.2, 0) is 24.2 Å². The van der Waals surface area contributed by atoms with Gasteiger partial charge in [-0.05, 0) is 46.9 Å². The van der Waals surface area contributed by atoms with Gasteiger partial charge in [0.15, 0.2) is 35.7 Å². The molecule has 2 aliphatic rings. The maximum Gasteiger partial charge on any atom is 0.308 e. The average Bonchev–Trinajstić information content (AvgIpc) is 3.35. The van der Waals surface area contributed by atoms with Crippen molar-refractivity contribution in [1.29, 1.82) is 0 Å². The van der Waals surface area contributed by atoms with Crippen molar-refractivity contribution >= 4 is 16.7 Å². The van der Waals surface area contributed by atoms with Gasteiger partial charge in [0.2, 0.25) is 12.5 Å². The third kappa shape index (κ3) is 4.43. The smallest absolute Gasteiger partial charge is 0.308 e. The van der Waals surface area contributed by atoms with E-state index < -0.39 is 0 Å². The van der Waals surface area contributed by atoms with Crippen LogP contribution in [0, 0.1) is 0 Å². The van der Waals surface area contributed by atoms with Crippen LogP contribution in [0.4, 0.5) is 0 Å². The molecule has 4 aromatic rings. The van der Waals surface area contributed by atoms with Crippen LogP contribution in [0.2, 0.25) is 0 Å². The van der Waals surface area contributed by atoms with E-state index in [0.717, 1.165) is 52.9 Å². The molecular weight excluding hydrogens is 502 g/mol. The Morgan fingerprint density at radius 3 is 2.45 bits per heavy atom. The highest BCUT2D eigenvalue weighted by Gasteiger charge is 2.32. The summed E-state index contributed by atoms with van der Waals surface area (Å²) in [6.07, 6.45) is 3.68. The van der Waals surface area contributed by atoms with Crippen LogP contribution < -0.4 is 35.9 Å². The van der Waals surface area contributed by atoms with Gasteiger partial charge in [-0.15, -0.1) is 0 Å². The maximum absolute atomic E-state index is 12.0. The molecule has 0 unspecified atom stereocenters. The van der Waals surface area contributed by atoms with Crippen LogP contribution in [0.25, 0.3) is 22.0 Å². The molecule has 3 heterocycles. The molecule has 6 rings (SSSR count). The van der Waals surface area contributed by atoms with E-state index in [1.807, 2.05) is 6.07 Å². The summed E-state index contributed by atoms with van der Waals surface area (Å²) in [6, 6.07) is 17.0. The number of methoxy groups -OCH3 is 1. The SMILES string of the molecule is COc1ccc2c(Cc3ccc(C(C)C)cc3)c3[n+](cc2c1OC(C)=O)CCc1cc2c(cc1-3)OCO2.[Cl-]. The topological polar surface area (TPSA) is 57.9 Å². The number of hydrogen-bond acceptors (Lipinski definition) is 5. The molecule has 196 valence electrons. The molecule has 0 bridgehead atoms. The normalized spacial score (nSPS) is 13.1. The summed E-state index contributed by atoms with van der Waals surface area (Å²) >= 11 is 0. The highest BCUT2D eigenvalue weighted by Crippen LogP contribution is 2.44. The van der Waals surface area contributed by atoms with Gasteiger partial charge in [0, 0.05) is 30.7 Å². The zero-order valence-electron chi connectivity index (χ0n) is 22.0. The van der Waals surface area contributed by atoms with Crippen molar-refractivity contribution in [2.75, 3.05) is 13.9 Å². The summed E-state index contributed by atoms with van der Waals surface area (Å²) in [5.74, 6) is 2.67. The first-order valence-electron chi connectivity index (χ1n) is 12.7. The molecule has 0 N–H and O–H groups in total. The number of aromatic nitrogens is 1. The van der Waals surface area contributed by atoms with Gasteiger partial charge in [-0.25, -0.2) is 0 Å². The van der Waals surface area contributed by atoms with E-state index in [9.17, 15) is 4.79 Å². The largest absolute Gasteiger partial charge is 1.00 e. The molecule has 0 fully saturated rings. The summed E-state index contributed by atoms with van der Waals surface area (Å²) in [5.41, 5.74) is 7.25. The van der Waals surface area contributed by atoms with Crippen molar-refractivity contribution in [2.45, 2.75) is 46.1 Å². The van der Waals surface area contributed by atoms with E-state index in [1.54, 1.807) is 7.11 Å². The van der Waals surface area contributed by atoms with Crippen LogP contribution in [0.1, 0.15) is 48.9 Å². The Morgan fingerprint density at radius 1 is 1.03 bits per heavy atom. The lowest BCUT2D eigenvalue weighted by molar-refractivity contribution is -0.686. The summed E-state index contributed by atoms with van der Waals surface area (Å²) in [4.78, 5) is 12.0. The number of esters is 1. The van der Waals surface area contributed by atoms with E-state index in [-0.39, 0.29) is 25.2 Å². The average molecular weight is 532 g/mol. The number of halogens is 1. The molecule has 0 saturated carbocycles. The van der Waals surface area contributed by atoms with E-state index in [0.29, 0.717) is 17.4 Å². The van der Waals surface area contributed by atoms with Crippen molar-refractivity contribution in [2.24, 2.45) is 0 Å².